The van der Waals surface area contributed by atoms with Crippen LogP contribution in [0.3, 0.4) is 0 Å². The van der Waals surface area contributed by atoms with Crippen LogP contribution in [0.1, 0.15) is 37.8 Å². The van der Waals surface area contributed by atoms with Gasteiger partial charge in [0.25, 0.3) is 0 Å². The summed E-state index contributed by atoms with van der Waals surface area (Å²) >= 11 is 0. The van der Waals surface area contributed by atoms with Gasteiger partial charge in [-0.25, -0.2) is 0 Å². The Bertz CT molecular complexity index is 1060. The molecule has 0 amide bonds. The minimum absolute atomic E-state index is 0.239. The van der Waals surface area contributed by atoms with E-state index in [4.69, 9.17) is 0 Å². The molecule has 0 aromatic heterocycles. The van der Waals surface area contributed by atoms with Crippen molar-refractivity contribution < 1.29 is 10.2 Å². The lowest BCUT2D eigenvalue weighted by molar-refractivity contribution is 0.475. The first kappa shape index (κ1) is 18.4. The summed E-state index contributed by atoms with van der Waals surface area (Å²) in [6.07, 6.45) is 3.92. The van der Waals surface area contributed by atoms with Gasteiger partial charge in [0.05, 0.1) is 0 Å². The van der Waals surface area contributed by atoms with Gasteiger partial charge in [0, 0.05) is 21.9 Å². The highest BCUT2D eigenvalue weighted by molar-refractivity contribution is 6.02. The first-order valence-electron chi connectivity index (χ1n) is 10.1. The van der Waals surface area contributed by atoms with Crippen LogP contribution in [0.4, 0.5) is 0 Å². The largest absolute Gasteiger partial charge is 0.507 e. The van der Waals surface area contributed by atoms with Crippen molar-refractivity contribution in [3.05, 3.63) is 71.8 Å². The second-order valence-corrected chi connectivity index (χ2v) is 7.45. The predicted octanol–water partition coefficient (Wildman–Crippen LogP) is 6.98. The number of hydrogen-bond donors (Lipinski definition) is 2. The van der Waals surface area contributed by atoms with Crippen molar-refractivity contribution in [2.45, 2.75) is 39.5 Å². The fourth-order valence-electron chi connectivity index (χ4n) is 4.23. The highest BCUT2D eigenvalue weighted by Crippen LogP contribution is 2.45. The van der Waals surface area contributed by atoms with E-state index in [1.807, 2.05) is 36.4 Å². The fourth-order valence-corrected chi connectivity index (χ4v) is 4.23. The van der Waals surface area contributed by atoms with Gasteiger partial charge in [0.15, 0.2) is 0 Å². The highest BCUT2D eigenvalue weighted by atomic mass is 16.3. The van der Waals surface area contributed by atoms with Gasteiger partial charge in [-0.05, 0) is 46.9 Å². The van der Waals surface area contributed by atoms with E-state index >= 15 is 0 Å². The second kappa shape index (κ2) is 7.55. The average Bonchev–Trinajstić information content (AvgIpc) is 2.73. The third-order valence-electron chi connectivity index (χ3n) is 5.53. The number of aryl methyl sites for hydroxylation is 2. The molecule has 0 bridgehead atoms. The summed E-state index contributed by atoms with van der Waals surface area (Å²) in [6.45, 7) is 4.32. The van der Waals surface area contributed by atoms with Crippen LogP contribution in [0, 0.1) is 0 Å². The van der Waals surface area contributed by atoms with Crippen molar-refractivity contribution in [3.8, 4) is 22.6 Å². The quantitative estimate of drug-likeness (QED) is 0.398. The van der Waals surface area contributed by atoms with Gasteiger partial charge in [-0.2, -0.15) is 0 Å². The minimum atomic E-state index is 0.239. The van der Waals surface area contributed by atoms with Gasteiger partial charge < -0.3 is 10.2 Å². The molecule has 4 rings (SSSR count). The second-order valence-electron chi connectivity index (χ2n) is 7.45. The number of aromatic hydroxyl groups is 2. The lowest BCUT2D eigenvalue weighted by Gasteiger charge is -2.17. The lowest BCUT2D eigenvalue weighted by Crippen LogP contribution is -1.93. The molecule has 0 aliphatic rings. The Morgan fingerprint density at radius 2 is 0.929 bits per heavy atom. The Morgan fingerprint density at radius 3 is 1.29 bits per heavy atom. The SMILES string of the molecule is CCCc1cc(-c2cc(CCC)c3ccccc3c2O)c(O)c2ccccc12. The molecule has 0 heterocycles. The van der Waals surface area contributed by atoms with Crippen molar-refractivity contribution in [1.29, 1.82) is 0 Å². The smallest absolute Gasteiger partial charge is 0.131 e. The molecule has 2 heteroatoms. The number of phenolic OH excluding ortho intramolecular Hbond substituents is 2. The molecular formula is C26H26O2. The van der Waals surface area contributed by atoms with Crippen molar-refractivity contribution in [2.24, 2.45) is 0 Å². The summed E-state index contributed by atoms with van der Waals surface area (Å²) in [5.41, 5.74) is 3.83. The topological polar surface area (TPSA) is 40.5 Å². The molecule has 4 aromatic rings. The average molecular weight is 370 g/mol. The maximum absolute atomic E-state index is 11.1. The lowest BCUT2D eigenvalue weighted by atomic mass is 9.89. The number of phenols is 2. The summed E-state index contributed by atoms with van der Waals surface area (Å²) in [5.74, 6) is 0.479. The molecule has 2 N–H and O–H groups in total. The Labute approximate surface area is 166 Å². The van der Waals surface area contributed by atoms with E-state index in [1.165, 1.54) is 11.1 Å². The van der Waals surface area contributed by atoms with Crippen LogP contribution in [0.5, 0.6) is 11.5 Å². The van der Waals surface area contributed by atoms with E-state index in [0.29, 0.717) is 11.1 Å². The van der Waals surface area contributed by atoms with E-state index in [-0.39, 0.29) is 11.5 Å². The highest BCUT2D eigenvalue weighted by Gasteiger charge is 2.18. The molecular weight excluding hydrogens is 344 g/mol. The number of benzene rings is 4. The van der Waals surface area contributed by atoms with Gasteiger partial charge in [0.1, 0.15) is 11.5 Å². The van der Waals surface area contributed by atoms with E-state index in [9.17, 15) is 10.2 Å². The molecule has 0 fully saturated rings. The van der Waals surface area contributed by atoms with Gasteiger partial charge in [-0.15, -0.1) is 0 Å². The van der Waals surface area contributed by atoms with Crippen LogP contribution in [0.25, 0.3) is 32.7 Å². The Balaban J connectivity index is 2.06. The molecule has 0 atom stereocenters. The summed E-state index contributed by atoms with van der Waals surface area (Å²) in [6, 6.07) is 20.1. The van der Waals surface area contributed by atoms with Crippen LogP contribution in [0.2, 0.25) is 0 Å². The van der Waals surface area contributed by atoms with Crippen LogP contribution < -0.4 is 0 Å². The molecule has 0 radical (unpaired) electrons. The molecule has 2 nitrogen and oxygen atoms in total. The third kappa shape index (κ3) is 2.99. The minimum Gasteiger partial charge on any atom is -0.507 e. The Kier molecular flexibility index (Phi) is 4.95. The standard InChI is InChI=1S/C26H26O2/c1-3-9-17-15-23(25(27)21-13-7-5-11-19(17)21)24-16-18(10-4-2)20-12-6-8-14-22(20)26(24)28/h5-8,11-16,27-28H,3-4,9-10H2,1-2H3. The van der Waals surface area contributed by atoms with E-state index in [2.05, 4.69) is 38.1 Å². The fraction of sp³-hybridized carbons (Fsp3) is 0.231. The van der Waals surface area contributed by atoms with Crippen molar-refractivity contribution in [1.82, 2.24) is 0 Å². The third-order valence-corrected chi connectivity index (χ3v) is 5.53. The van der Waals surface area contributed by atoms with Crippen molar-refractivity contribution in [3.63, 3.8) is 0 Å². The first-order valence-corrected chi connectivity index (χ1v) is 10.1. The molecule has 0 aliphatic carbocycles. The van der Waals surface area contributed by atoms with E-state index < -0.39 is 0 Å². The van der Waals surface area contributed by atoms with Crippen LogP contribution in [-0.4, -0.2) is 10.2 Å². The van der Waals surface area contributed by atoms with Gasteiger partial charge in [-0.1, -0.05) is 75.2 Å². The van der Waals surface area contributed by atoms with E-state index in [1.54, 1.807) is 0 Å². The van der Waals surface area contributed by atoms with Gasteiger partial charge in [0.2, 0.25) is 0 Å². The maximum Gasteiger partial charge on any atom is 0.131 e. The molecule has 0 aliphatic heterocycles. The summed E-state index contributed by atoms with van der Waals surface area (Å²) in [7, 11) is 0. The van der Waals surface area contributed by atoms with Crippen LogP contribution in [0.15, 0.2) is 60.7 Å². The molecule has 142 valence electrons. The molecule has 28 heavy (non-hydrogen) atoms. The van der Waals surface area contributed by atoms with Gasteiger partial charge >= 0.3 is 0 Å². The molecule has 0 unspecified atom stereocenters. The number of fused-ring (bicyclic) bond motifs is 2. The Morgan fingerprint density at radius 1 is 0.571 bits per heavy atom. The first-order chi connectivity index (χ1) is 13.7. The van der Waals surface area contributed by atoms with Crippen LogP contribution in [-0.2, 0) is 12.8 Å². The van der Waals surface area contributed by atoms with E-state index in [0.717, 1.165) is 47.2 Å². The zero-order valence-corrected chi connectivity index (χ0v) is 16.5. The molecule has 4 aromatic carbocycles. The zero-order chi connectivity index (χ0) is 19.7. The summed E-state index contributed by atoms with van der Waals surface area (Å²) < 4.78 is 0. The van der Waals surface area contributed by atoms with Crippen LogP contribution >= 0.6 is 0 Å². The maximum atomic E-state index is 11.1. The summed E-state index contributed by atoms with van der Waals surface area (Å²) in [5, 5.41) is 26.1. The number of rotatable bonds is 5. The number of hydrogen-bond acceptors (Lipinski definition) is 2. The Hall–Kier alpha value is -3.00. The van der Waals surface area contributed by atoms with Crippen molar-refractivity contribution in [2.75, 3.05) is 0 Å². The molecule has 0 saturated carbocycles. The zero-order valence-electron chi connectivity index (χ0n) is 16.5. The normalized spacial score (nSPS) is 11.4. The summed E-state index contributed by atoms with van der Waals surface area (Å²) in [4.78, 5) is 0. The van der Waals surface area contributed by atoms with Gasteiger partial charge in [-0.3, -0.25) is 0 Å². The molecule has 0 spiro atoms. The molecule has 0 saturated heterocycles. The predicted molar refractivity (Wildman–Crippen MR) is 118 cm³/mol. The monoisotopic (exact) mass is 370 g/mol. The van der Waals surface area contributed by atoms with Crippen molar-refractivity contribution >= 4 is 21.5 Å².